The molecule has 0 saturated carbocycles. The van der Waals surface area contributed by atoms with Crippen molar-refractivity contribution < 1.29 is 37.6 Å². The van der Waals surface area contributed by atoms with E-state index < -0.39 is 23.8 Å². The Bertz CT molecular complexity index is 2630. The summed E-state index contributed by atoms with van der Waals surface area (Å²) in [4.78, 5) is 79.6. The zero-order chi connectivity index (χ0) is 42.8. The van der Waals surface area contributed by atoms with Crippen molar-refractivity contribution in [2.45, 2.75) is 65.1 Å². The number of aromatic nitrogens is 6. The molecule has 0 spiro atoms. The second-order valence-electron chi connectivity index (χ2n) is 15.8. The van der Waals surface area contributed by atoms with Crippen LogP contribution in [0.4, 0.5) is 5.69 Å². The first-order chi connectivity index (χ1) is 29.3. The number of nitrogens with one attached hydrogen (secondary N) is 3. The maximum Gasteiger partial charge on any atom is 0.292 e. The van der Waals surface area contributed by atoms with Crippen LogP contribution in [0.3, 0.4) is 0 Å². The summed E-state index contributed by atoms with van der Waals surface area (Å²) < 4.78 is 18.2. The zero-order valence-electron chi connectivity index (χ0n) is 33.9. The van der Waals surface area contributed by atoms with E-state index >= 15 is 0 Å². The predicted molar refractivity (Wildman–Crippen MR) is 216 cm³/mol. The van der Waals surface area contributed by atoms with E-state index in [1.54, 1.807) is 33.7 Å². The highest BCUT2D eigenvalue weighted by Gasteiger charge is 2.30. The van der Waals surface area contributed by atoms with Gasteiger partial charge in [0.1, 0.15) is 12.1 Å². The molecule has 6 aromatic rings. The van der Waals surface area contributed by atoms with Gasteiger partial charge in [-0.15, -0.1) is 0 Å². The van der Waals surface area contributed by atoms with Crippen LogP contribution in [0.15, 0.2) is 76.4 Å². The number of hydrogen-bond donors (Lipinski definition) is 3. The standard InChI is InChI=1S/C42H43N11O8/c1-24-17-26(5-6-27(24)19-43-39(57)36-49-41(61-50-36)42(2,3)4)34-30-18-28(21-53(30)47-22-45-34)51-13-15-52(16-14-51)40(58)35-32(59-23-46-35)20-44-37(55)25-7-9-29(10-8-25)60-31-11-12-33(54)48-38(31)56/h5-10,17-18,21-23,31H,11-16,19-20H2,1-4H3,(H,43,57)(H,44,55)(H,48,54,56). The monoisotopic (exact) mass is 829 g/mol. The van der Waals surface area contributed by atoms with Gasteiger partial charge in [-0.1, -0.05) is 38.1 Å². The van der Waals surface area contributed by atoms with Crippen molar-refractivity contribution in [2.75, 3.05) is 31.1 Å². The third kappa shape index (κ3) is 8.80. The van der Waals surface area contributed by atoms with Crippen LogP contribution < -0.4 is 25.6 Å². The summed E-state index contributed by atoms with van der Waals surface area (Å²) in [7, 11) is 0. The maximum atomic E-state index is 13.6. The first-order valence-corrected chi connectivity index (χ1v) is 19.7. The van der Waals surface area contributed by atoms with Crippen LogP contribution in [0, 0.1) is 6.92 Å². The molecule has 4 aromatic heterocycles. The van der Waals surface area contributed by atoms with Crippen LogP contribution in [-0.2, 0) is 28.1 Å². The minimum atomic E-state index is -0.787. The number of piperidine rings is 1. The van der Waals surface area contributed by atoms with E-state index in [0.717, 1.165) is 33.6 Å². The number of piperazine rings is 1. The molecule has 6 heterocycles. The van der Waals surface area contributed by atoms with E-state index in [-0.39, 0.29) is 60.4 Å². The average Bonchev–Trinajstić information content (AvgIpc) is 4.04. The lowest BCUT2D eigenvalue weighted by Gasteiger charge is -2.35. The largest absolute Gasteiger partial charge is 0.481 e. The van der Waals surface area contributed by atoms with E-state index in [0.29, 0.717) is 43.4 Å². The normalized spacial score (nSPS) is 15.8. The van der Waals surface area contributed by atoms with Gasteiger partial charge in [-0.05, 0) is 54.4 Å². The van der Waals surface area contributed by atoms with Crippen LogP contribution in [0.25, 0.3) is 16.8 Å². The van der Waals surface area contributed by atoms with Crippen molar-refractivity contribution in [3.05, 3.63) is 107 Å². The van der Waals surface area contributed by atoms with Gasteiger partial charge in [0, 0.05) is 62.1 Å². The van der Waals surface area contributed by atoms with Crippen molar-refractivity contribution in [3.63, 3.8) is 0 Å². The van der Waals surface area contributed by atoms with Gasteiger partial charge in [0.2, 0.25) is 11.8 Å². The molecule has 2 fully saturated rings. The van der Waals surface area contributed by atoms with Gasteiger partial charge in [-0.3, -0.25) is 29.3 Å². The van der Waals surface area contributed by atoms with E-state index in [1.165, 1.54) is 12.7 Å². The fourth-order valence-corrected chi connectivity index (χ4v) is 7.01. The Kier molecular flexibility index (Phi) is 11.0. The Morgan fingerprint density at radius 2 is 1.72 bits per heavy atom. The molecule has 2 aromatic carbocycles. The summed E-state index contributed by atoms with van der Waals surface area (Å²) in [5, 5.41) is 16.2. The van der Waals surface area contributed by atoms with E-state index in [9.17, 15) is 24.0 Å². The van der Waals surface area contributed by atoms with Crippen molar-refractivity contribution in [1.29, 1.82) is 0 Å². The van der Waals surface area contributed by atoms with Gasteiger partial charge < -0.3 is 34.1 Å². The number of amides is 5. The molecule has 1 atom stereocenters. The fraction of sp³-hybridized carbons (Fsp3) is 0.333. The van der Waals surface area contributed by atoms with Crippen molar-refractivity contribution >= 4 is 40.7 Å². The minimum absolute atomic E-state index is 0.00848. The summed E-state index contributed by atoms with van der Waals surface area (Å²) in [6.45, 7) is 9.96. The van der Waals surface area contributed by atoms with Gasteiger partial charge in [-0.25, -0.2) is 14.5 Å². The Labute approximate surface area is 348 Å². The number of rotatable bonds is 11. The molecular weight excluding hydrogens is 787 g/mol. The quantitative estimate of drug-likeness (QED) is 0.159. The molecule has 0 radical (unpaired) electrons. The Hall–Kier alpha value is -7.44. The van der Waals surface area contributed by atoms with Gasteiger partial charge >= 0.3 is 0 Å². The molecule has 2 aliphatic rings. The van der Waals surface area contributed by atoms with Gasteiger partial charge in [0.25, 0.3) is 29.5 Å². The van der Waals surface area contributed by atoms with E-state index in [2.05, 4.69) is 46.1 Å². The summed E-state index contributed by atoms with van der Waals surface area (Å²) in [6, 6.07) is 14.2. The van der Waals surface area contributed by atoms with Crippen LogP contribution in [-0.4, -0.2) is 96.4 Å². The van der Waals surface area contributed by atoms with Crippen LogP contribution >= 0.6 is 0 Å². The molecule has 5 amide bonds. The number of carbonyl (C=O) groups excluding carboxylic acids is 5. The lowest BCUT2D eigenvalue weighted by molar-refractivity contribution is -0.138. The molecule has 19 heteroatoms. The smallest absolute Gasteiger partial charge is 0.292 e. The number of oxazole rings is 1. The number of hydrogen-bond acceptors (Lipinski definition) is 14. The maximum absolute atomic E-state index is 13.6. The highest BCUT2D eigenvalue weighted by atomic mass is 16.5. The molecule has 19 nitrogen and oxygen atoms in total. The number of benzene rings is 2. The highest BCUT2D eigenvalue weighted by molar-refractivity contribution is 6.00. The average molecular weight is 830 g/mol. The molecule has 8 rings (SSSR count). The highest BCUT2D eigenvalue weighted by Crippen LogP contribution is 2.29. The Balaban J connectivity index is 0.848. The molecular formula is C42H43N11O8. The van der Waals surface area contributed by atoms with Gasteiger partial charge in [0.15, 0.2) is 24.0 Å². The minimum Gasteiger partial charge on any atom is -0.481 e. The molecule has 2 aliphatic heterocycles. The first kappa shape index (κ1) is 40.3. The SMILES string of the molecule is Cc1cc(-c2ncnn3cc(N4CCN(C(=O)c5ncoc5CNC(=O)c5ccc(OC6CCC(=O)NC6=O)cc5)CC4)cc23)ccc1CNC(=O)c1noc(C(C)(C)C)n1. The number of nitrogens with zero attached hydrogens (tertiary/aromatic N) is 8. The topological polar surface area (TPSA) is 232 Å². The summed E-state index contributed by atoms with van der Waals surface area (Å²) in [5.74, 6) is -0.955. The summed E-state index contributed by atoms with van der Waals surface area (Å²) in [5.41, 5.74) is 5.37. The number of anilines is 1. The third-order valence-corrected chi connectivity index (χ3v) is 10.5. The van der Waals surface area contributed by atoms with Crippen molar-refractivity contribution in [3.8, 4) is 17.0 Å². The fourth-order valence-electron chi connectivity index (χ4n) is 7.01. The number of imide groups is 1. The van der Waals surface area contributed by atoms with Crippen molar-refractivity contribution in [1.82, 2.24) is 50.6 Å². The number of ether oxygens (including phenoxy) is 1. The zero-order valence-corrected chi connectivity index (χ0v) is 33.9. The molecule has 61 heavy (non-hydrogen) atoms. The molecule has 0 aliphatic carbocycles. The van der Waals surface area contributed by atoms with Gasteiger partial charge in [0.05, 0.1) is 29.6 Å². The Morgan fingerprint density at radius 1 is 0.951 bits per heavy atom. The Morgan fingerprint density at radius 3 is 2.44 bits per heavy atom. The predicted octanol–water partition coefficient (Wildman–Crippen LogP) is 3.38. The third-order valence-electron chi connectivity index (χ3n) is 10.5. The second kappa shape index (κ2) is 16.7. The molecule has 1 unspecified atom stereocenters. The van der Waals surface area contributed by atoms with Crippen molar-refractivity contribution in [2.24, 2.45) is 0 Å². The lowest BCUT2D eigenvalue weighted by atomic mass is 9.97. The number of aryl methyl sites for hydroxylation is 1. The second-order valence-corrected chi connectivity index (χ2v) is 15.8. The summed E-state index contributed by atoms with van der Waals surface area (Å²) >= 11 is 0. The van der Waals surface area contributed by atoms with Crippen LogP contribution in [0.2, 0.25) is 0 Å². The lowest BCUT2D eigenvalue weighted by Crippen LogP contribution is -2.49. The van der Waals surface area contributed by atoms with E-state index in [4.69, 9.17) is 13.7 Å². The first-order valence-electron chi connectivity index (χ1n) is 19.7. The molecule has 314 valence electrons. The molecule has 2 saturated heterocycles. The number of carbonyl (C=O) groups is 5. The molecule has 0 bridgehead atoms. The van der Waals surface area contributed by atoms with E-state index in [1.807, 2.05) is 58.2 Å². The van der Waals surface area contributed by atoms with Crippen LogP contribution in [0.5, 0.6) is 5.75 Å². The molecule has 3 N–H and O–H groups in total. The van der Waals surface area contributed by atoms with Gasteiger partial charge in [-0.2, -0.15) is 10.1 Å². The van der Waals surface area contributed by atoms with Crippen LogP contribution in [0.1, 0.15) is 87.9 Å². The summed E-state index contributed by atoms with van der Waals surface area (Å²) in [6.07, 6.45) is 4.32. The number of fused-ring (bicyclic) bond motifs is 1.